The average molecular weight is 355 g/mol. The van der Waals surface area contributed by atoms with Crippen LogP contribution < -0.4 is 11.1 Å². The Balaban J connectivity index is 2.12. The quantitative estimate of drug-likeness (QED) is 0.768. The minimum Gasteiger partial charge on any atom is -0.389 e. The van der Waals surface area contributed by atoms with Crippen LogP contribution in [0.15, 0.2) is 22.7 Å². The molecule has 0 heterocycles. The van der Waals surface area contributed by atoms with Crippen LogP contribution in [0.25, 0.3) is 0 Å². The van der Waals surface area contributed by atoms with Crippen LogP contribution in [0.3, 0.4) is 0 Å². The second-order valence-electron chi connectivity index (χ2n) is 6.00. The van der Waals surface area contributed by atoms with Gasteiger partial charge >= 0.3 is 0 Å². The fourth-order valence-corrected chi connectivity index (χ4v) is 4.06. The third kappa shape index (κ3) is 3.73. The highest BCUT2D eigenvalue weighted by molar-refractivity contribution is 9.10. The van der Waals surface area contributed by atoms with Crippen molar-refractivity contribution >= 4 is 38.8 Å². The van der Waals surface area contributed by atoms with Gasteiger partial charge < -0.3 is 11.1 Å². The molecule has 0 radical (unpaired) electrons. The Morgan fingerprint density at radius 1 is 1.35 bits per heavy atom. The van der Waals surface area contributed by atoms with Crippen molar-refractivity contribution in [1.29, 1.82) is 0 Å². The van der Waals surface area contributed by atoms with Gasteiger partial charge in [0.25, 0.3) is 0 Å². The molecule has 4 heteroatoms. The predicted molar refractivity (Wildman–Crippen MR) is 94.2 cm³/mol. The summed E-state index contributed by atoms with van der Waals surface area (Å²) in [6.45, 7) is 4.66. The Hall–Kier alpha value is -0.610. The molecule has 0 spiro atoms. The summed E-state index contributed by atoms with van der Waals surface area (Å²) in [5.74, 6) is 1.49. The molecule has 2 rings (SSSR count). The normalized spacial score (nSPS) is 22.8. The molecule has 20 heavy (non-hydrogen) atoms. The number of nitrogens with two attached hydrogens (primary N) is 1. The van der Waals surface area contributed by atoms with Crippen molar-refractivity contribution in [2.45, 2.75) is 45.6 Å². The molecule has 1 aliphatic rings. The lowest BCUT2D eigenvalue weighted by molar-refractivity contribution is 0.254. The molecule has 1 aromatic carbocycles. The zero-order valence-corrected chi connectivity index (χ0v) is 14.6. The number of nitrogens with one attached hydrogen (secondary N) is 1. The average Bonchev–Trinajstić information content (AvgIpc) is 2.38. The number of halogens is 1. The fourth-order valence-electron chi connectivity index (χ4n) is 3.16. The second kappa shape index (κ2) is 6.90. The van der Waals surface area contributed by atoms with Crippen LogP contribution in [0.4, 0.5) is 5.69 Å². The first-order valence-corrected chi connectivity index (χ1v) is 8.55. The van der Waals surface area contributed by atoms with Crippen LogP contribution in [0.5, 0.6) is 0 Å². The SMILES string of the molecule is CC(C)C1CCCCC1Nc1ccc(C(N)=S)c(Br)c1. The van der Waals surface area contributed by atoms with Crippen LogP contribution in [-0.4, -0.2) is 11.0 Å². The summed E-state index contributed by atoms with van der Waals surface area (Å²) in [5, 5.41) is 3.71. The standard InChI is InChI=1S/C16H23BrN2S/c1-10(2)12-5-3-4-6-15(12)19-11-7-8-13(16(18)20)14(17)9-11/h7-10,12,15,19H,3-6H2,1-2H3,(H2,18,20). The van der Waals surface area contributed by atoms with E-state index in [2.05, 4.69) is 47.2 Å². The smallest absolute Gasteiger partial charge is 0.105 e. The maximum Gasteiger partial charge on any atom is 0.105 e. The first-order valence-electron chi connectivity index (χ1n) is 7.35. The van der Waals surface area contributed by atoms with Gasteiger partial charge in [-0.2, -0.15) is 0 Å². The van der Waals surface area contributed by atoms with Crippen LogP contribution >= 0.6 is 28.1 Å². The summed E-state index contributed by atoms with van der Waals surface area (Å²) in [4.78, 5) is 0.432. The first-order chi connectivity index (χ1) is 9.49. The summed E-state index contributed by atoms with van der Waals surface area (Å²) in [5.41, 5.74) is 7.74. The number of rotatable bonds is 4. The molecule has 1 fully saturated rings. The lowest BCUT2D eigenvalue weighted by atomic mass is 9.78. The van der Waals surface area contributed by atoms with Crippen LogP contribution in [0.1, 0.15) is 45.1 Å². The minimum absolute atomic E-state index is 0.432. The topological polar surface area (TPSA) is 38.0 Å². The van der Waals surface area contributed by atoms with E-state index in [0.29, 0.717) is 11.0 Å². The summed E-state index contributed by atoms with van der Waals surface area (Å²) in [7, 11) is 0. The molecule has 0 amide bonds. The van der Waals surface area contributed by atoms with Gasteiger partial charge in [0.05, 0.1) is 0 Å². The third-order valence-electron chi connectivity index (χ3n) is 4.26. The van der Waals surface area contributed by atoms with E-state index in [9.17, 15) is 0 Å². The lowest BCUT2D eigenvalue weighted by Gasteiger charge is -2.35. The van der Waals surface area contributed by atoms with E-state index >= 15 is 0 Å². The second-order valence-corrected chi connectivity index (χ2v) is 7.30. The Morgan fingerprint density at radius 2 is 2.05 bits per heavy atom. The summed E-state index contributed by atoms with van der Waals surface area (Å²) in [6.07, 6.45) is 5.29. The molecule has 1 aromatic rings. The predicted octanol–water partition coefficient (Wildman–Crippen LogP) is 4.71. The Bertz CT molecular complexity index is 487. The Labute approximate surface area is 135 Å². The molecular formula is C16H23BrN2S. The number of thiocarbonyl (C=S) groups is 1. The van der Waals surface area contributed by atoms with E-state index in [4.69, 9.17) is 18.0 Å². The summed E-state index contributed by atoms with van der Waals surface area (Å²) in [6, 6.07) is 6.72. The molecule has 110 valence electrons. The molecule has 2 unspecified atom stereocenters. The zero-order chi connectivity index (χ0) is 14.7. The van der Waals surface area contributed by atoms with Crippen molar-refractivity contribution in [3.63, 3.8) is 0 Å². The highest BCUT2D eigenvalue weighted by Gasteiger charge is 2.27. The summed E-state index contributed by atoms with van der Waals surface area (Å²) >= 11 is 8.58. The van der Waals surface area contributed by atoms with Crippen LogP contribution in [0, 0.1) is 11.8 Å². The van der Waals surface area contributed by atoms with Gasteiger partial charge in [-0.1, -0.05) is 38.9 Å². The van der Waals surface area contributed by atoms with Gasteiger partial charge in [0, 0.05) is 21.8 Å². The number of hydrogen-bond donors (Lipinski definition) is 2. The fraction of sp³-hybridized carbons (Fsp3) is 0.562. The molecule has 3 N–H and O–H groups in total. The molecule has 1 aliphatic carbocycles. The van der Waals surface area contributed by atoms with E-state index in [1.54, 1.807) is 0 Å². The molecule has 0 aromatic heterocycles. The molecule has 0 saturated heterocycles. The molecule has 2 nitrogen and oxygen atoms in total. The van der Waals surface area contributed by atoms with E-state index in [0.717, 1.165) is 27.6 Å². The highest BCUT2D eigenvalue weighted by atomic mass is 79.9. The minimum atomic E-state index is 0.432. The molecule has 0 aliphatic heterocycles. The maximum absolute atomic E-state index is 5.69. The Kier molecular flexibility index (Phi) is 5.44. The van der Waals surface area contributed by atoms with Crippen molar-refractivity contribution in [3.05, 3.63) is 28.2 Å². The van der Waals surface area contributed by atoms with Gasteiger partial charge in [-0.3, -0.25) is 0 Å². The van der Waals surface area contributed by atoms with E-state index in [1.807, 2.05) is 6.07 Å². The molecular weight excluding hydrogens is 332 g/mol. The van der Waals surface area contributed by atoms with Gasteiger partial charge in [-0.05, 0) is 58.8 Å². The van der Waals surface area contributed by atoms with E-state index in [1.165, 1.54) is 25.7 Å². The van der Waals surface area contributed by atoms with Gasteiger partial charge in [-0.25, -0.2) is 0 Å². The largest absolute Gasteiger partial charge is 0.389 e. The van der Waals surface area contributed by atoms with Crippen molar-refractivity contribution in [2.75, 3.05) is 5.32 Å². The van der Waals surface area contributed by atoms with Crippen LogP contribution in [0.2, 0.25) is 0 Å². The maximum atomic E-state index is 5.69. The van der Waals surface area contributed by atoms with Crippen LogP contribution in [-0.2, 0) is 0 Å². The van der Waals surface area contributed by atoms with Gasteiger partial charge in [-0.15, -0.1) is 0 Å². The number of benzene rings is 1. The lowest BCUT2D eigenvalue weighted by Crippen LogP contribution is -2.35. The monoisotopic (exact) mass is 354 g/mol. The highest BCUT2D eigenvalue weighted by Crippen LogP contribution is 2.33. The molecule has 1 saturated carbocycles. The van der Waals surface area contributed by atoms with Gasteiger partial charge in [0.1, 0.15) is 4.99 Å². The van der Waals surface area contributed by atoms with Gasteiger partial charge in [0.15, 0.2) is 0 Å². The van der Waals surface area contributed by atoms with Crippen molar-refractivity contribution in [1.82, 2.24) is 0 Å². The van der Waals surface area contributed by atoms with Gasteiger partial charge in [0.2, 0.25) is 0 Å². The molecule has 0 bridgehead atoms. The van der Waals surface area contributed by atoms with Crippen molar-refractivity contribution in [3.8, 4) is 0 Å². The number of hydrogen-bond acceptors (Lipinski definition) is 2. The zero-order valence-electron chi connectivity index (χ0n) is 12.2. The molecule has 2 atom stereocenters. The first kappa shape index (κ1) is 15.8. The number of anilines is 1. The Morgan fingerprint density at radius 3 is 2.65 bits per heavy atom. The summed E-state index contributed by atoms with van der Waals surface area (Å²) < 4.78 is 0.965. The van der Waals surface area contributed by atoms with E-state index < -0.39 is 0 Å². The van der Waals surface area contributed by atoms with Crippen molar-refractivity contribution < 1.29 is 0 Å². The van der Waals surface area contributed by atoms with E-state index in [-0.39, 0.29) is 0 Å². The third-order valence-corrected chi connectivity index (χ3v) is 5.14. The van der Waals surface area contributed by atoms with Crippen molar-refractivity contribution in [2.24, 2.45) is 17.6 Å².